The number of nitrogens with zero attached hydrogens (tertiary/aromatic N) is 2. The minimum Gasteiger partial charge on any atom is -0.351 e. The molecule has 0 saturated carbocycles. The van der Waals surface area contributed by atoms with Crippen LogP contribution >= 0.6 is 0 Å². The molecule has 0 aliphatic rings. The van der Waals surface area contributed by atoms with E-state index in [0.717, 1.165) is 17.7 Å². The minimum atomic E-state index is -0.567. The number of aromatic nitrogens is 2. The van der Waals surface area contributed by atoms with Gasteiger partial charge in [-0.05, 0) is 11.5 Å². The second-order valence-electron chi connectivity index (χ2n) is 6.41. The molecule has 0 fully saturated rings. The molecule has 0 radical (unpaired) electrons. The number of carbonyl (C=O) groups excluding carboxylic acids is 1. The van der Waals surface area contributed by atoms with Gasteiger partial charge in [-0.1, -0.05) is 51.1 Å². The highest BCUT2D eigenvalue weighted by Crippen LogP contribution is 2.17. The molecule has 1 aromatic heterocycles. The second kappa shape index (κ2) is 7.92. The van der Waals surface area contributed by atoms with Crippen molar-refractivity contribution < 1.29 is 4.79 Å². The Morgan fingerprint density at radius 3 is 2.61 bits per heavy atom. The zero-order valence-corrected chi connectivity index (χ0v) is 14.1. The molecule has 2 unspecified atom stereocenters. The number of rotatable bonds is 7. The van der Waals surface area contributed by atoms with Crippen molar-refractivity contribution in [1.29, 1.82) is 0 Å². The van der Waals surface area contributed by atoms with Gasteiger partial charge in [-0.25, -0.2) is 0 Å². The fourth-order valence-corrected chi connectivity index (χ4v) is 2.47. The summed E-state index contributed by atoms with van der Waals surface area (Å²) in [6.07, 6.45) is 3.75. The zero-order valence-electron chi connectivity index (χ0n) is 14.1. The van der Waals surface area contributed by atoms with E-state index < -0.39 is 6.04 Å². The Labute approximate surface area is 137 Å². The van der Waals surface area contributed by atoms with Crippen LogP contribution in [0.2, 0.25) is 0 Å². The first kappa shape index (κ1) is 17.2. The lowest BCUT2D eigenvalue weighted by molar-refractivity contribution is -0.122. The summed E-state index contributed by atoms with van der Waals surface area (Å²) in [4.78, 5) is 12.3. The van der Waals surface area contributed by atoms with Gasteiger partial charge in [-0.2, -0.15) is 5.10 Å². The maximum absolute atomic E-state index is 12.3. The van der Waals surface area contributed by atoms with Gasteiger partial charge in [0.1, 0.15) is 0 Å². The summed E-state index contributed by atoms with van der Waals surface area (Å²) in [7, 11) is 0. The molecule has 1 heterocycles. The molecule has 1 amide bonds. The summed E-state index contributed by atoms with van der Waals surface area (Å²) >= 11 is 0. The normalized spacial score (nSPS) is 13.8. The highest BCUT2D eigenvalue weighted by atomic mass is 16.2. The molecule has 3 N–H and O–H groups in total. The summed E-state index contributed by atoms with van der Waals surface area (Å²) in [5, 5.41) is 7.19. The lowest BCUT2D eigenvalue weighted by Gasteiger charge is -2.19. The van der Waals surface area contributed by atoms with Crippen LogP contribution in [0, 0.1) is 5.92 Å². The predicted octanol–water partition coefficient (Wildman–Crippen LogP) is 2.29. The van der Waals surface area contributed by atoms with E-state index in [1.165, 1.54) is 0 Å². The summed E-state index contributed by atoms with van der Waals surface area (Å²) in [6.45, 7) is 7.59. The van der Waals surface area contributed by atoms with Crippen LogP contribution in [0.25, 0.3) is 0 Å². The topological polar surface area (TPSA) is 72.9 Å². The van der Waals surface area contributed by atoms with Crippen molar-refractivity contribution in [3.8, 4) is 0 Å². The van der Waals surface area contributed by atoms with Crippen LogP contribution < -0.4 is 11.1 Å². The molecule has 2 aromatic rings. The molecule has 2 rings (SSSR count). The third-order valence-corrected chi connectivity index (χ3v) is 3.87. The minimum absolute atomic E-state index is 0.0279. The fourth-order valence-electron chi connectivity index (χ4n) is 2.47. The molecule has 5 nitrogen and oxygen atoms in total. The predicted molar refractivity (Wildman–Crippen MR) is 91.7 cm³/mol. The van der Waals surface area contributed by atoms with Crippen LogP contribution in [0.3, 0.4) is 0 Å². The maximum Gasteiger partial charge on any atom is 0.237 e. The summed E-state index contributed by atoms with van der Waals surface area (Å²) in [5.41, 5.74) is 8.15. The summed E-state index contributed by atoms with van der Waals surface area (Å²) in [5.74, 6) is 0.371. The van der Waals surface area contributed by atoms with Gasteiger partial charge >= 0.3 is 0 Å². The molecular formula is C18H26N4O. The first-order valence-corrected chi connectivity index (χ1v) is 8.07. The monoisotopic (exact) mass is 314 g/mol. The summed E-state index contributed by atoms with van der Waals surface area (Å²) in [6, 6.07) is 9.29. The van der Waals surface area contributed by atoms with Crippen molar-refractivity contribution in [1.82, 2.24) is 15.1 Å². The number of hydrogen-bond acceptors (Lipinski definition) is 3. The van der Waals surface area contributed by atoms with E-state index in [1.807, 2.05) is 48.1 Å². The smallest absolute Gasteiger partial charge is 0.237 e. The van der Waals surface area contributed by atoms with Gasteiger partial charge < -0.3 is 11.1 Å². The Morgan fingerprint density at radius 1 is 1.26 bits per heavy atom. The number of amides is 1. The van der Waals surface area contributed by atoms with Gasteiger partial charge in [0.25, 0.3) is 0 Å². The Balaban J connectivity index is 1.87. The van der Waals surface area contributed by atoms with Crippen LogP contribution in [-0.2, 0) is 17.9 Å². The maximum atomic E-state index is 12.3. The van der Waals surface area contributed by atoms with Crippen molar-refractivity contribution in [2.24, 2.45) is 11.7 Å². The number of nitrogens with one attached hydrogen (secondary N) is 1. The van der Waals surface area contributed by atoms with Crippen molar-refractivity contribution in [2.45, 2.75) is 45.8 Å². The van der Waals surface area contributed by atoms with E-state index in [4.69, 9.17) is 5.73 Å². The number of benzene rings is 1. The van der Waals surface area contributed by atoms with Crippen LogP contribution in [-0.4, -0.2) is 21.7 Å². The molecule has 0 bridgehead atoms. The number of hydrogen-bond donors (Lipinski definition) is 2. The third-order valence-electron chi connectivity index (χ3n) is 3.87. The average molecular weight is 314 g/mol. The molecule has 2 atom stereocenters. The van der Waals surface area contributed by atoms with E-state index >= 15 is 0 Å². The molecule has 23 heavy (non-hydrogen) atoms. The van der Waals surface area contributed by atoms with Gasteiger partial charge in [0.15, 0.2) is 0 Å². The van der Waals surface area contributed by atoms with Crippen molar-refractivity contribution in [3.05, 3.63) is 53.9 Å². The van der Waals surface area contributed by atoms with E-state index in [9.17, 15) is 4.79 Å². The summed E-state index contributed by atoms with van der Waals surface area (Å²) < 4.78 is 1.90. The van der Waals surface area contributed by atoms with E-state index in [-0.39, 0.29) is 11.8 Å². The fraction of sp³-hybridized carbons (Fsp3) is 0.444. The number of carbonyl (C=O) groups is 1. The largest absolute Gasteiger partial charge is 0.351 e. The van der Waals surface area contributed by atoms with Crippen LogP contribution in [0.4, 0.5) is 0 Å². The van der Waals surface area contributed by atoms with Gasteiger partial charge in [-0.15, -0.1) is 0 Å². The molecule has 0 saturated heterocycles. The third kappa shape index (κ3) is 4.93. The average Bonchev–Trinajstić information content (AvgIpc) is 2.98. The Kier molecular flexibility index (Phi) is 5.93. The van der Waals surface area contributed by atoms with Crippen LogP contribution in [0.1, 0.15) is 37.8 Å². The van der Waals surface area contributed by atoms with Gasteiger partial charge in [-0.3, -0.25) is 9.48 Å². The highest BCUT2D eigenvalue weighted by Gasteiger charge is 2.21. The zero-order chi connectivity index (χ0) is 16.8. The highest BCUT2D eigenvalue weighted by molar-refractivity contribution is 5.82. The van der Waals surface area contributed by atoms with Crippen molar-refractivity contribution in [3.63, 3.8) is 0 Å². The first-order valence-electron chi connectivity index (χ1n) is 8.07. The molecule has 1 aromatic carbocycles. The molecule has 0 spiro atoms. The molecule has 5 heteroatoms. The lowest BCUT2D eigenvalue weighted by atomic mass is 9.93. The quantitative estimate of drug-likeness (QED) is 0.823. The van der Waals surface area contributed by atoms with E-state index in [2.05, 4.69) is 24.3 Å². The van der Waals surface area contributed by atoms with E-state index in [0.29, 0.717) is 12.5 Å². The number of nitrogens with two attached hydrogens (primary N) is 1. The Bertz CT molecular complexity index is 621. The molecule has 0 aliphatic heterocycles. The van der Waals surface area contributed by atoms with Crippen molar-refractivity contribution >= 4 is 5.91 Å². The second-order valence-corrected chi connectivity index (χ2v) is 6.41. The molecule has 124 valence electrons. The Morgan fingerprint density at radius 2 is 1.96 bits per heavy atom. The lowest BCUT2D eigenvalue weighted by Crippen LogP contribution is -2.43. The van der Waals surface area contributed by atoms with Gasteiger partial charge in [0.05, 0.1) is 12.2 Å². The van der Waals surface area contributed by atoms with Crippen LogP contribution in [0.5, 0.6) is 0 Å². The van der Waals surface area contributed by atoms with Gasteiger partial charge in [0.2, 0.25) is 5.91 Å². The van der Waals surface area contributed by atoms with E-state index in [1.54, 1.807) is 6.20 Å². The molecular weight excluding hydrogens is 288 g/mol. The first-order chi connectivity index (χ1) is 11.0. The SMILES string of the molecule is CC(C)Cn1cc(CNC(=O)C(N)C(C)c2ccccc2)cn1. The van der Waals surface area contributed by atoms with Gasteiger partial charge in [0, 0.05) is 30.8 Å². The molecule has 0 aliphatic carbocycles. The van der Waals surface area contributed by atoms with Crippen LogP contribution in [0.15, 0.2) is 42.7 Å². The standard InChI is InChI=1S/C18H26N4O/c1-13(2)11-22-12-15(10-21-22)9-20-18(23)17(19)14(3)16-7-5-4-6-8-16/h4-8,10,12-14,17H,9,11,19H2,1-3H3,(H,20,23). The van der Waals surface area contributed by atoms with Crippen molar-refractivity contribution in [2.75, 3.05) is 0 Å². The Hall–Kier alpha value is -2.14.